The van der Waals surface area contributed by atoms with Gasteiger partial charge in [0.25, 0.3) is 5.56 Å². The minimum Gasteiger partial charge on any atom is -0.394 e. The van der Waals surface area contributed by atoms with Crippen LogP contribution in [0.3, 0.4) is 0 Å². The number of rotatable bonds is 5. The number of aromatic amines is 1. The average Bonchev–Trinajstić information content (AvgIpc) is 3.40. The van der Waals surface area contributed by atoms with Crippen molar-refractivity contribution < 1.29 is 5.11 Å². The van der Waals surface area contributed by atoms with E-state index in [0.717, 1.165) is 39.0 Å². The minimum atomic E-state index is -0.511. The molecule has 1 unspecified atom stereocenters. The van der Waals surface area contributed by atoms with Crippen LogP contribution in [0.25, 0.3) is 33.4 Å². The van der Waals surface area contributed by atoms with E-state index in [2.05, 4.69) is 15.3 Å². The minimum absolute atomic E-state index is 0.208. The van der Waals surface area contributed by atoms with Crippen LogP contribution in [0, 0.1) is 0 Å². The van der Waals surface area contributed by atoms with Gasteiger partial charge in [-0.15, -0.1) is 0 Å². The number of nitrogens with zero attached hydrogens (tertiary/aromatic N) is 4. The van der Waals surface area contributed by atoms with Crippen LogP contribution in [0.4, 0.5) is 0 Å². The highest BCUT2D eigenvalue weighted by molar-refractivity contribution is 6.30. The predicted molar refractivity (Wildman–Crippen MR) is 125 cm³/mol. The molecule has 7 nitrogen and oxygen atoms in total. The molecule has 0 amide bonds. The Balaban J connectivity index is 1.55. The van der Waals surface area contributed by atoms with Gasteiger partial charge in [0, 0.05) is 35.9 Å². The summed E-state index contributed by atoms with van der Waals surface area (Å²) in [5, 5.41) is 23.2. The third-order valence-electron chi connectivity index (χ3n) is 5.65. The number of aliphatic hydroxyl groups excluding tert-OH is 1. The summed E-state index contributed by atoms with van der Waals surface area (Å²) in [7, 11) is 1.87. The largest absolute Gasteiger partial charge is 0.394 e. The molecule has 2 aromatic carbocycles. The average molecular weight is 446 g/mol. The molecule has 3 heterocycles. The van der Waals surface area contributed by atoms with Gasteiger partial charge >= 0.3 is 0 Å². The number of benzene rings is 2. The Morgan fingerprint density at radius 1 is 1.09 bits per heavy atom. The Kier molecular flexibility index (Phi) is 5.13. The highest BCUT2D eigenvalue weighted by Gasteiger charge is 2.16. The predicted octanol–water partition coefficient (Wildman–Crippen LogP) is 4.03. The molecule has 8 heteroatoms. The molecular weight excluding hydrogens is 426 g/mol. The highest BCUT2D eigenvalue weighted by Crippen LogP contribution is 2.30. The fourth-order valence-electron chi connectivity index (χ4n) is 3.99. The maximum atomic E-state index is 13.0. The highest BCUT2D eigenvalue weighted by atomic mass is 35.5. The Bertz CT molecular complexity index is 1480. The Hall–Kier alpha value is -3.68. The van der Waals surface area contributed by atoms with Crippen molar-refractivity contribution in [2.24, 2.45) is 7.05 Å². The van der Waals surface area contributed by atoms with Gasteiger partial charge < -0.3 is 9.67 Å². The first kappa shape index (κ1) is 20.2. The molecule has 160 valence electrons. The van der Waals surface area contributed by atoms with Crippen molar-refractivity contribution in [1.29, 1.82) is 0 Å². The van der Waals surface area contributed by atoms with Gasteiger partial charge in [0.05, 0.1) is 23.9 Å². The van der Waals surface area contributed by atoms with Gasteiger partial charge in [0.15, 0.2) is 0 Å². The van der Waals surface area contributed by atoms with Crippen molar-refractivity contribution in [3.8, 4) is 22.5 Å². The summed E-state index contributed by atoms with van der Waals surface area (Å²) < 4.78 is 3.29. The molecule has 5 aromatic rings. The topological polar surface area (TPSA) is 88.7 Å². The first-order chi connectivity index (χ1) is 15.5. The van der Waals surface area contributed by atoms with Crippen LogP contribution in [-0.2, 0) is 7.05 Å². The monoisotopic (exact) mass is 445 g/mol. The molecule has 3 aromatic heterocycles. The van der Waals surface area contributed by atoms with Crippen molar-refractivity contribution in [1.82, 2.24) is 24.5 Å². The second kappa shape index (κ2) is 8.11. The van der Waals surface area contributed by atoms with Crippen LogP contribution in [0.5, 0.6) is 0 Å². The van der Waals surface area contributed by atoms with Crippen LogP contribution < -0.4 is 5.56 Å². The second-order valence-electron chi connectivity index (χ2n) is 7.59. The number of pyridine rings is 1. The number of hydrogen-bond donors (Lipinski definition) is 2. The molecule has 2 N–H and O–H groups in total. The van der Waals surface area contributed by atoms with E-state index in [1.165, 1.54) is 4.57 Å². The zero-order valence-electron chi connectivity index (χ0n) is 17.2. The lowest BCUT2D eigenvalue weighted by molar-refractivity contribution is 0.247. The molecule has 0 radical (unpaired) electrons. The Morgan fingerprint density at radius 3 is 2.66 bits per heavy atom. The lowest BCUT2D eigenvalue weighted by atomic mass is 10.0. The van der Waals surface area contributed by atoms with Gasteiger partial charge in [-0.25, -0.2) is 0 Å². The first-order valence-electron chi connectivity index (χ1n) is 10.1. The number of aryl methyl sites for hydroxylation is 1. The quantitative estimate of drug-likeness (QED) is 0.427. The molecule has 0 aliphatic carbocycles. The van der Waals surface area contributed by atoms with Crippen LogP contribution >= 0.6 is 11.6 Å². The van der Waals surface area contributed by atoms with Gasteiger partial charge in [-0.3, -0.25) is 14.6 Å². The fraction of sp³-hybridized carbons (Fsp3) is 0.125. The van der Waals surface area contributed by atoms with Crippen molar-refractivity contribution in [3.05, 3.63) is 94.0 Å². The first-order valence-corrected chi connectivity index (χ1v) is 10.5. The van der Waals surface area contributed by atoms with Crippen LogP contribution in [0.15, 0.2) is 77.9 Å². The standard InChI is InChI=1S/C24H20ClN5O2/c1-29-21(7-9-26-29)24-19-12-15(5-6-20(19)27-28-24)16-8-10-30(23(32)13-16)22(14-31)17-3-2-4-18(25)11-17/h2-13,22,31H,14H2,1H3,(H,27,28). The molecule has 0 bridgehead atoms. The van der Waals surface area contributed by atoms with E-state index in [-0.39, 0.29) is 12.2 Å². The molecule has 0 aliphatic rings. The van der Waals surface area contributed by atoms with Gasteiger partial charge in [0.2, 0.25) is 0 Å². The number of halogens is 1. The molecular formula is C24H20ClN5O2. The van der Waals surface area contributed by atoms with E-state index < -0.39 is 6.04 Å². The summed E-state index contributed by atoms with van der Waals surface area (Å²) in [5.74, 6) is 0. The maximum Gasteiger partial charge on any atom is 0.251 e. The van der Waals surface area contributed by atoms with E-state index in [1.807, 2.05) is 43.4 Å². The van der Waals surface area contributed by atoms with Crippen LogP contribution in [-0.4, -0.2) is 36.3 Å². The molecule has 0 fully saturated rings. The second-order valence-corrected chi connectivity index (χ2v) is 8.02. The molecule has 5 rings (SSSR count). The normalized spacial score (nSPS) is 12.3. The fourth-order valence-corrected chi connectivity index (χ4v) is 4.19. The lowest BCUT2D eigenvalue weighted by Gasteiger charge is -2.18. The summed E-state index contributed by atoms with van der Waals surface area (Å²) in [6.07, 6.45) is 3.44. The van der Waals surface area contributed by atoms with Crippen LogP contribution in [0.1, 0.15) is 11.6 Å². The Labute approximate surface area is 188 Å². The zero-order valence-corrected chi connectivity index (χ0v) is 18.0. The van der Waals surface area contributed by atoms with Crippen molar-refractivity contribution >= 4 is 22.5 Å². The third-order valence-corrected chi connectivity index (χ3v) is 5.89. The maximum absolute atomic E-state index is 13.0. The van der Waals surface area contributed by atoms with Crippen molar-refractivity contribution in [2.75, 3.05) is 6.61 Å². The summed E-state index contributed by atoms with van der Waals surface area (Å²) >= 11 is 6.09. The summed E-state index contributed by atoms with van der Waals surface area (Å²) in [5.41, 5.74) is 4.85. The van der Waals surface area contributed by atoms with Crippen LogP contribution in [0.2, 0.25) is 5.02 Å². The van der Waals surface area contributed by atoms with Crippen molar-refractivity contribution in [3.63, 3.8) is 0 Å². The molecule has 1 atom stereocenters. The van der Waals surface area contributed by atoms with E-state index >= 15 is 0 Å². The SMILES string of the molecule is Cn1nccc1-c1n[nH]c2ccc(-c3ccn(C(CO)c4cccc(Cl)c4)c(=O)c3)cc12. The molecule has 0 aliphatic heterocycles. The Morgan fingerprint density at radius 2 is 1.94 bits per heavy atom. The number of fused-ring (bicyclic) bond motifs is 1. The summed E-state index contributed by atoms with van der Waals surface area (Å²) in [6.45, 7) is -0.214. The van der Waals surface area contributed by atoms with Gasteiger partial charge in [-0.2, -0.15) is 10.2 Å². The number of hydrogen-bond acceptors (Lipinski definition) is 4. The van der Waals surface area contributed by atoms with Gasteiger partial charge in [-0.1, -0.05) is 29.8 Å². The summed E-state index contributed by atoms with van der Waals surface area (Å²) in [6, 6.07) is 17.9. The lowest BCUT2D eigenvalue weighted by Crippen LogP contribution is -2.26. The zero-order chi connectivity index (χ0) is 22.2. The number of aliphatic hydroxyl groups is 1. The van der Waals surface area contributed by atoms with E-state index in [0.29, 0.717) is 5.02 Å². The van der Waals surface area contributed by atoms with Gasteiger partial charge in [0.1, 0.15) is 5.69 Å². The number of nitrogens with one attached hydrogen (secondary N) is 1. The van der Waals surface area contributed by atoms with Crippen molar-refractivity contribution in [2.45, 2.75) is 6.04 Å². The molecule has 0 saturated heterocycles. The summed E-state index contributed by atoms with van der Waals surface area (Å²) in [4.78, 5) is 13.0. The third kappa shape index (κ3) is 3.51. The smallest absolute Gasteiger partial charge is 0.251 e. The molecule has 0 spiro atoms. The van der Waals surface area contributed by atoms with E-state index in [4.69, 9.17) is 11.6 Å². The van der Waals surface area contributed by atoms with E-state index in [1.54, 1.807) is 41.3 Å². The van der Waals surface area contributed by atoms with E-state index in [9.17, 15) is 9.90 Å². The number of H-pyrrole nitrogens is 1. The number of aromatic nitrogens is 5. The molecule has 0 saturated carbocycles. The molecule has 32 heavy (non-hydrogen) atoms. The van der Waals surface area contributed by atoms with Gasteiger partial charge in [-0.05, 0) is 53.1 Å².